The zero-order valence-corrected chi connectivity index (χ0v) is 12.0. The molecule has 4 rings (SSSR count). The largest absolute Gasteiger partial charge is 0.368 e. The van der Waals surface area contributed by atoms with Gasteiger partial charge < -0.3 is 4.90 Å². The second-order valence-corrected chi connectivity index (χ2v) is 6.21. The molecule has 1 aliphatic carbocycles. The summed E-state index contributed by atoms with van der Waals surface area (Å²) in [5.74, 6) is 2.36. The smallest absolute Gasteiger partial charge is 0.115 e. The molecule has 0 unspecified atom stereocenters. The lowest BCUT2D eigenvalue weighted by Crippen LogP contribution is -2.23. The normalized spacial score (nSPS) is 27.8. The Bertz CT molecular complexity index is 588. The van der Waals surface area contributed by atoms with Crippen molar-refractivity contribution in [1.82, 2.24) is 19.9 Å². The van der Waals surface area contributed by atoms with Gasteiger partial charge in [-0.05, 0) is 42.6 Å². The number of hydrogen-bond donors (Lipinski definition) is 0. The fourth-order valence-corrected chi connectivity index (χ4v) is 4.04. The lowest BCUT2D eigenvalue weighted by atomic mass is 9.88. The van der Waals surface area contributed by atoms with Gasteiger partial charge in [0.2, 0.25) is 0 Å². The van der Waals surface area contributed by atoms with E-state index in [4.69, 9.17) is 0 Å². The Kier molecular flexibility index (Phi) is 3.25. The Balaban J connectivity index is 1.46. The number of rotatable bonds is 3. The lowest BCUT2D eigenvalue weighted by Gasteiger charge is -2.21. The van der Waals surface area contributed by atoms with Gasteiger partial charge in [0.15, 0.2) is 0 Å². The first-order valence-corrected chi connectivity index (χ1v) is 7.64. The van der Waals surface area contributed by atoms with E-state index in [1.165, 1.54) is 18.4 Å². The van der Waals surface area contributed by atoms with Crippen LogP contribution in [0.2, 0.25) is 0 Å². The molecular formula is C16H19N5. The molecular weight excluding hydrogens is 262 g/mol. The predicted molar refractivity (Wildman–Crippen MR) is 79.7 cm³/mol. The topological polar surface area (TPSA) is 54.8 Å². The molecule has 3 atom stereocenters. The van der Waals surface area contributed by atoms with Gasteiger partial charge in [0.05, 0.1) is 18.1 Å². The Morgan fingerprint density at radius 3 is 2.38 bits per heavy atom. The molecule has 0 N–H and O–H groups in total. The van der Waals surface area contributed by atoms with Crippen LogP contribution >= 0.6 is 0 Å². The minimum absolute atomic E-state index is 0.760. The van der Waals surface area contributed by atoms with E-state index >= 15 is 0 Å². The second-order valence-electron chi connectivity index (χ2n) is 6.21. The van der Waals surface area contributed by atoms with E-state index in [-0.39, 0.29) is 0 Å². The van der Waals surface area contributed by atoms with Crippen molar-refractivity contribution in [2.75, 3.05) is 18.0 Å². The predicted octanol–water partition coefficient (Wildman–Crippen LogP) is 1.97. The summed E-state index contributed by atoms with van der Waals surface area (Å²) in [5.41, 5.74) is 2.43. The molecule has 1 aliphatic heterocycles. The van der Waals surface area contributed by atoms with Crippen LogP contribution in [0.1, 0.15) is 18.4 Å². The maximum atomic E-state index is 4.14. The molecule has 0 radical (unpaired) electrons. The lowest BCUT2D eigenvalue weighted by molar-refractivity contribution is 0.375. The van der Waals surface area contributed by atoms with Crippen molar-refractivity contribution in [1.29, 1.82) is 0 Å². The van der Waals surface area contributed by atoms with Gasteiger partial charge in [0, 0.05) is 25.5 Å². The van der Waals surface area contributed by atoms with Crippen LogP contribution < -0.4 is 4.90 Å². The van der Waals surface area contributed by atoms with Crippen LogP contribution in [0, 0.1) is 17.8 Å². The number of anilines is 1. The minimum Gasteiger partial charge on any atom is -0.368 e. The molecule has 0 aromatic carbocycles. The molecule has 2 aromatic heterocycles. The molecule has 108 valence electrons. The van der Waals surface area contributed by atoms with E-state index in [0.717, 1.165) is 43.0 Å². The Hall–Kier alpha value is -2.04. The summed E-state index contributed by atoms with van der Waals surface area (Å²) in [6.07, 6.45) is 14.8. The molecule has 2 aliphatic rings. The van der Waals surface area contributed by atoms with Crippen LogP contribution in [0.5, 0.6) is 0 Å². The first kappa shape index (κ1) is 12.7. The van der Waals surface area contributed by atoms with Crippen LogP contribution in [-0.4, -0.2) is 33.0 Å². The first-order chi connectivity index (χ1) is 10.4. The van der Waals surface area contributed by atoms with Gasteiger partial charge in [-0.2, -0.15) is 0 Å². The minimum atomic E-state index is 0.760. The molecule has 1 saturated heterocycles. The Labute approximate surface area is 124 Å². The maximum Gasteiger partial charge on any atom is 0.115 e. The van der Waals surface area contributed by atoms with E-state index in [0.29, 0.717) is 0 Å². The van der Waals surface area contributed by atoms with Crippen LogP contribution in [0.15, 0.2) is 37.4 Å². The van der Waals surface area contributed by atoms with Crippen LogP contribution in [0.25, 0.3) is 0 Å². The molecule has 5 nitrogen and oxygen atoms in total. The van der Waals surface area contributed by atoms with E-state index < -0.39 is 0 Å². The zero-order chi connectivity index (χ0) is 14.1. The van der Waals surface area contributed by atoms with Crippen molar-refractivity contribution in [2.24, 2.45) is 17.8 Å². The van der Waals surface area contributed by atoms with Gasteiger partial charge in [-0.15, -0.1) is 0 Å². The maximum absolute atomic E-state index is 4.14. The van der Waals surface area contributed by atoms with Gasteiger partial charge >= 0.3 is 0 Å². The SMILES string of the molecule is c1ncc(C[C@H]2CC[C@@H]3CN(c4cncnc4)C[C@H]23)cn1. The van der Waals surface area contributed by atoms with Gasteiger partial charge in [0.25, 0.3) is 0 Å². The number of aromatic nitrogens is 4. The molecule has 2 fully saturated rings. The van der Waals surface area contributed by atoms with Gasteiger partial charge in [-0.1, -0.05) is 0 Å². The molecule has 2 aromatic rings. The van der Waals surface area contributed by atoms with E-state index in [2.05, 4.69) is 24.8 Å². The highest BCUT2D eigenvalue weighted by atomic mass is 15.2. The average Bonchev–Trinajstić information content (AvgIpc) is 3.11. The van der Waals surface area contributed by atoms with Crippen molar-refractivity contribution < 1.29 is 0 Å². The number of fused-ring (bicyclic) bond motifs is 1. The van der Waals surface area contributed by atoms with Crippen molar-refractivity contribution in [3.63, 3.8) is 0 Å². The van der Waals surface area contributed by atoms with E-state index in [1.807, 2.05) is 24.8 Å². The van der Waals surface area contributed by atoms with E-state index in [9.17, 15) is 0 Å². The fourth-order valence-electron chi connectivity index (χ4n) is 4.04. The first-order valence-electron chi connectivity index (χ1n) is 7.64. The Morgan fingerprint density at radius 2 is 1.62 bits per heavy atom. The average molecular weight is 281 g/mol. The van der Waals surface area contributed by atoms with Crippen molar-refractivity contribution in [2.45, 2.75) is 19.3 Å². The standard InChI is InChI=1S/C16H19N5/c1-2-14-8-21(15-6-19-11-20-7-15)9-16(14)13(1)3-12-4-17-10-18-5-12/h4-7,10-11,13-14,16H,1-3,8-9H2/t13-,14-,16-/m1/s1. The van der Waals surface area contributed by atoms with Crippen molar-refractivity contribution in [3.8, 4) is 0 Å². The molecule has 0 bridgehead atoms. The molecule has 1 saturated carbocycles. The van der Waals surface area contributed by atoms with Crippen LogP contribution in [0.3, 0.4) is 0 Å². The molecule has 0 spiro atoms. The highest BCUT2D eigenvalue weighted by Crippen LogP contribution is 2.44. The summed E-state index contributed by atoms with van der Waals surface area (Å²) in [6.45, 7) is 2.29. The summed E-state index contributed by atoms with van der Waals surface area (Å²) in [4.78, 5) is 19.0. The third-order valence-electron chi connectivity index (χ3n) is 5.03. The molecule has 3 heterocycles. The van der Waals surface area contributed by atoms with Crippen molar-refractivity contribution >= 4 is 5.69 Å². The summed E-state index contributed by atoms with van der Waals surface area (Å²) in [7, 11) is 0. The second kappa shape index (κ2) is 5.39. The molecule has 21 heavy (non-hydrogen) atoms. The third kappa shape index (κ3) is 2.48. The molecule has 0 amide bonds. The van der Waals surface area contributed by atoms with Crippen molar-refractivity contribution in [3.05, 3.63) is 43.0 Å². The summed E-state index contributed by atoms with van der Waals surface area (Å²) >= 11 is 0. The molecule has 5 heteroatoms. The summed E-state index contributed by atoms with van der Waals surface area (Å²) in [6, 6.07) is 0. The van der Waals surface area contributed by atoms with Gasteiger partial charge in [0.1, 0.15) is 12.7 Å². The quantitative estimate of drug-likeness (QED) is 0.861. The number of hydrogen-bond acceptors (Lipinski definition) is 5. The number of nitrogens with zero attached hydrogens (tertiary/aromatic N) is 5. The zero-order valence-electron chi connectivity index (χ0n) is 12.0. The van der Waals surface area contributed by atoms with Crippen LogP contribution in [-0.2, 0) is 6.42 Å². The summed E-state index contributed by atoms with van der Waals surface area (Å²) in [5, 5.41) is 0. The van der Waals surface area contributed by atoms with Gasteiger partial charge in [-0.25, -0.2) is 19.9 Å². The summed E-state index contributed by atoms with van der Waals surface area (Å²) < 4.78 is 0. The van der Waals surface area contributed by atoms with E-state index in [1.54, 1.807) is 12.7 Å². The highest BCUT2D eigenvalue weighted by Gasteiger charge is 2.42. The fraction of sp³-hybridized carbons (Fsp3) is 0.500. The highest BCUT2D eigenvalue weighted by molar-refractivity contribution is 5.43. The van der Waals surface area contributed by atoms with Crippen LogP contribution in [0.4, 0.5) is 5.69 Å². The monoisotopic (exact) mass is 281 g/mol. The Morgan fingerprint density at radius 1 is 0.905 bits per heavy atom. The van der Waals surface area contributed by atoms with Gasteiger partial charge in [-0.3, -0.25) is 0 Å². The third-order valence-corrected chi connectivity index (χ3v) is 5.03.